The summed E-state index contributed by atoms with van der Waals surface area (Å²) in [6.45, 7) is 13.5. The van der Waals surface area contributed by atoms with Crippen LogP contribution in [0, 0.1) is 0 Å². The summed E-state index contributed by atoms with van der Waals surface area (Å²) < 4.78 is -1.25. The summed E-state index contributed by atoms with van der Waals surface area (Å²) in [5.41, 5.74) is 0. The maximum absolute atomic E-state index is 6.10. The zero-order valence-electron chi connectivity index (χ0n) is 12.1. The van der Waals surface area contributed by atoms with Gasteiger partial charge in [-0.25, -0.2) is 0 Å². The quantitative estimate of drug-likeness (QED) is 0.658. The summed E-state index contributed by atoms with van der Waals surface area (Å²) >= 11 is 10.0. The van der Waals surface area contributed by atoms with Crippen molar-refractivity contribution in [2.45, 2.75) is 51.0 Å². The minimum Gasteiger partial charge on any atom is -0.104 e. The third kappa shape index (κ3) is 5.69. The van der Waals surface area contributed by atoms with Crippen LogP contribution in [0.2, 0.25) is 0 Å². The van der Waals surface area contributed by atoms with Gasteiger partial charge in [0.15, 0.2) is 0 Å². The lowest BCUT2D eigenvalue weighted by Crippen LogP contribution is -2.14. The van der Waals surface area contributed by atoms with Gasteiger partial charge in [-0.1, -0.05) is 83.7 Å². The molecule has 0 nitrogen and oxygen atoms in total. The normalized spacial score (nSPS) is 13.7. The molecule has 0 aromatic heterocycles. The molecule has 0 unspecified atom stereocenters. The van der Waals surface area contributed by atoms with Gasteiger partial charge in [0.1, 0.15) is 0 Å². The highest BCUT2D eigenvalue weighted by atomic mass is 33.2. The van der Waals surface area contributed by atoms with Crippen molar-refractivity contribution in [1.82, 2.24) is 0 Å². The second-order valence-electron chi connectivity index (χ2n) is 6.24. The molecule has 0 N–H and O–H groups in total. The van der Waals surface area contributed by atoms with Gasteiger partial charge < -0.3 is 0 Å². The molecule has 0 fully saturated rings. The highest BCUT2D eigenvalue weighted by Crippen LogP contribution is 2.74. The van der Waals surface area contributed by atoms with Gasteiger partial charge in [-0.15, -0.1) is 22.8 Å². The Balaban J connectivity index is 3.14. The third-order valence-corrected chi connectivity index (χ3v) is 13.7. The van der Waals surface area contributed by atoms with Crippen LogP contribution in [-0.2, 0) is 11.8 Å². The molecule has 4 heteroatoms. The Morgan fingerprint density at radius 2 is 1.22 bits per heavy atom. The van der Waals surface area contributed by atoms with E-state index < -0.39 is 4.44 Å². The van der Waals surface area contributed by atoms with Crippen LogP contribution in [0.1, 0.15) is 41.5 Å². The van der Waals surface area contributed by atoms with Crippen molar-refractivity contribution in [3.05, 3.63) is 30.3 Å². The molecule has 0 radical (unpaired) electrons. The summed E-state index contributed by atoms with van der Waals surface area (Å²) in [4.78, 5) is 0. The summed E-state index contributed by atoms with van der Waals surface area (Å²) in [7, 11) is 0. The molecule has 102 valence electrons. The van der Waals surface area contributed by atoms with Gasteiger partial charge >= 0.3 is 0 Å². The molecule has 0 heterocycles. The molecule has 0 saturated heterocycles. The highest BCUT2D eigenvalue weighted by Gasteiger charge is 2.32. The van der Waals surface area contributed by atoms with Crippen LogP contribution in [0.5, 0.6) is 0 Å². The second kappa shape index (κ2) is 5.91. The van der Waals surface area contributed by atoms with Gasteiger partial charge in [-0.05, 0) is 0 Å². The molecule has 0 amide bonds. The molecule has 0 aliphatic rings. The molecule has 0 atom stereocenters. The zero-order valence-corrected chi connectivity index (χ0v) is 15.4. The van der Waals surface area contributed by atoms with Gasteiger partial charge in [0.05, 0.1) is 4.44 Å². The fraction of sp³-hybridized carbons (Fsp3) is 0.571. The fourth-order valence-corrected chi connectivity index (χ4v) is 18.2. The van der Waals surface area contributed by atoms with Gasteiger partial charge in [0, 0.05) is 14.8 Å². The SMILES string of the molecule is CC(C)(C)SP(=S)(SC(C)(C)C)c1ccccc1. The van der Waals surface area contributed by atoms with Crippen LogP contribution >= 0.6 is 27.2 Å². The van der Waals surface area contributed by atoms with E-state index in [2.05, 4.69) is 71.9 Å². The van der Waals surface area contributed by atoms with Crippen molar-refractivity contribution in [1.29, 1.82) is 0 Å². The highest BCUT2D eigenvalue weighted by molar-refractivity contribution is 9.02. The van der Waals surface area contributed by atoms with E-state index in [0.717, 1.165) is 0 Å². The molecule has 0 spiro atoms. The summed E-state index contributed by atoms with van der Waals surface area (Å²) in [5, 5.41) is 1.33. The van der Waals surface area contributed by atoms with Crippen molar-refractivity contribution < 1.29 is 0 Å². The van der Waals surface area contributed by atoms with Gasteiger partial charge in [-0.2, -0.15) is 0 Å². The molecule has 1 aromatic rings. The van der Waals surface area contributed by atoms with Crippen molar-refractivity contribution in [3.63, 3.8) is 0 Å². The average molecular weight is 319 g/mol. The molecule has 0 saturated carbocycles. The van der Waals surface area contributed by atoms with E-state index in [1.807, 2.05) is 22.8 Å². The van der Waals surface area contributed by atoms with Crippen LogP contribution in [0.4, 0.5) is 0 Å². The molecule has 18 heavy (non-hydrogen) atoms. The Hall–Kier alpha value is 0.570. The summed E-state index contributed by atoms with van der Waals surface area (Å²) in [6, 6.07) is 10.6. The first kappa shape index (κ1) is 16.6. The van der Waals surface area contributed by atoms with Gasteiger partial charge in [-0.3, -0.25) is 0 Å². The number of hydrogen-bond donors (Lipinski definition) is 0. The Morgan fingerprint density at radius 1 is 0.833 bits per heavy atom. The molecular formula is C14H23PS3. The number of rotatable bonds is 3. The van der Waals surface area contributed by atoms with Crippen LogP contribution in [0.15, 0.2) is 30.3 Å². The smallest absolute Gasteiger partial charge is 0.0859 e. The molecule has 0 aliphatic heterocycles. The average Bonchev–Trinajstić information content (AvgIpc) is 2.13. The van der Waals surface area contributed by atoms with E-state index in [1.54, 1.807) is 0 Å². The van der Waals surface area contributed by atoms with Crippen molar-refractivity contribution in [2.75, 3.05) is 0 Å². The largest absolute Gasteiger partial charge is 0.104 e. The Bertz CT molecular complexity index is 407. The maximum atomic E-state index is 6.10. The van der Waals surface area contributed by atoms with Crippen molar-refractivity contribution in [3.8, 4) is 0 Å². The third-order valence-electron chi connectivity index (χ3n) is 1.86. The second-order valence-corrected chi connectivity index (χ2v) is 18.7. The van der Waals surface area contributed by atoms with E-state index in [0.29, 0.717) is 0 Å². The predicted octanol–water partition coefficient (Wildman–Crippen LogP) is 5.68. The number of hydrogen-bond acceptors (Lipinski definition) is 3. The lowest BCUT2D eigenvalue weighted by Gasteiger charge is -2.33. The molecule has 1 aromatic carbocycles. The first-order chi connectivity index (χ1) is 8.02. The monoisotopic (exact) mass is 318 g/mol. The Morgan fingerprint density at radius 3 is 1.56 bits per heavy atom. The van der Waals surface area contributed by atoms with Crippen LogP contribution in [0.3, 0.4) is 0 Å². The van der Waals surface area contributed by atoms with E-state index in [4.69, 9.17) is 11.8 Å². The van der Waals surface area contributed by atoms with E-state index >= 15 is 0 Å². The van der Waals surface area contributed by atoms with Crippen LogP contribution in [0.25, 0.3) is 0 Å². The van der Waals surface area contributed by atoms with E-state index in [9.17, 15) is 0 Å². The first-order valence-electron chi connectivity index (χ1n) is 6.09. The van der Waals surface area contributed by atoms with E-state index in [1.165, 1.54) is 5.30 Å². The zero-order chi connectivity index (χ0) is 14.0. The molecular weight excluding hydrogens is 295 g/mol. The van der Waals surface area contributed by atoms with Crippen LogP contribution in [-0.4, -0.2) is 9.49 Å². The summed E-state index contributed by atoms with van der Waals surface area (Å²) in [5.74, 6) is 0. The predicted molar refractivity (Wildman–Crippen MR) is 95.0 cm³/mol. The minimum atomic E-state index is -1.65. The minimum absolute atomic E-state index is 0.198. The Kier molecular flexibility index (Phi) is 5.46. The maximum Gasteiger partial charge on any atom is 0.0859 e. The molecule has 0 bridgehead atoms. The fourth-order valence-electron chi connectivity index (χ4n) is 1.46. The topological polar surface area (TPSA) is 0 Å². The Labute approximate surface area is 125 Å². The standard InChI is InChI=1S/C14H23PS3/c1-13(2,3)17-15(16,18-14(4,5)6)12-10-8-7-9-11-12/h7-11H,1-6H3. The first-order valence-corrected chi connectivity index (χ1v) is 11.7. The lowest BCUT2D eigenvalue weighted by molar-refractivity contribution is 0.808. The molecule has 0 aliphatic carbocycles. The summed E-state index contributed by atoms with van der Waals surface area (Å²) in [6.07, 6.45) is 0. The van der Waals surface area contributed by atoms with Gasteiger partial charge in [0.25, 0.3) is 0 Å². The lowest BCUT2D eigenvalue weighted by atomic mass is 10.3. The van der Waals surface area contributed by atoms with Crippen LogP contribution < -0.4 is 5.30 Å². The number of benzene rings is 1. The van der Waals surface area contributed by atoms with Crippen molar-refractivity contribution >= 4 is 44.3 Å². The molecule has 1 rings (SSSR count). The van der Waals surface area contributed by atoms with E-state index in [-0.39, 0.29) is 9.49 Å². The van der Waals surface area contributed by atoms with Crippen molar-refractivity contribution in [2.24, 2.45) is 0 Å². The van der Waals surface area contributed by atoms with Gasteiger partial charge in [0.2, 0.25) is 0 Å².